The Morgan fingerprint density at radius 2 is 2.06 bits per heavy atom. The molecule has 4 aromatic rings. The zero-order valence-electron chi connectivity index (χ0n) is 17.4. The van der Waals surface area contributed by atoms with E-state index in [0.29, 0.717) is 30.5 Å². The summed E-state index contributed by atoms with van der Waals surface area (Å²) >= 11 is 0. The number of nitrogens with one attached hydrogen (secondary N) is 2. The number of furan rings is 1. The molecular formula is C21H25IN8O. The van der Waals surface area contributed by atoms with Crippen molar-refractivity contribution >= 4 is 29.9 Å². The van der Waals surface area contributed by atoms with Crippen LogP contribution < -0.4 is 5.32 Å². The molecule has 0 aliphatic rings. The van der Waals surface area contributed by atoms with Gasteiger partial charge in [0.2, 0.25) is 5.82 Å². The summed E-state index contributed by atoms with van der Waals surface area (Å²) in [6.07, 6.45) is 5.50. The number of aromatic nitrogens is 5. The van der Waals surface area contributed by atoms with Gasteiger partial charge in [-0.3, -0.25) is 5.10 Å². The van der Waals surface area contributed by atoms with Crippen molar-refractivity contribution in [2.45, 2.75) is 20.0 Å². The van der Waals surface area contributed by atoms with Crippen molar-refractivity contribution in [3.8, 4) is 17.3 Å². The van der Waals surface area contributed by atoms with Crippen LogP contribution in [0.1, 0.15) is 18.3 Å². The summed E-state index contributed by atoms with van der Waals surface area (Å²) in [7, 11) is 2.00. The molecule has 0 atom stereocenters. The van der Waals surface area contributed by atoms with Gasteiger partial charge in [-0.25, -0.2) is 14.7 Å². The van der Waals surface area contributed by atoms with Crippen molar-refractivity contribution in [3.05, 3.63) is 72.5 Å². The van der Waals surface area contributed by atoms with Crippen LogP contribution in [0.5, 0.6) is 0 Å². The van der Waals surface area contributed by atoms with Gasteiger partial charge >= 0.3 is 0 Å². The van der Waals surface area contributed by atoms with Crippen LogP contribution in [0, 0.1) is 0 Å². The van der Waals surface area contributed by atoms with Gasteiger partial charge in [0.1, 0.15) is 12.4 Å². The fraction of sp³-hybridized carbons (Fsp3) is 0.238. The predicted molar refractivity (Wildman–Crippen MR) is 129 cm³/mol. The third-order valence-electron chi connectivity index (χ3n) is 4.42. The molecule has 0 saturated heterocycles. The SMILES string of the molecule is CCNC(=NCc1nc(-c2ccco2)n[nH]1)N(C)Cc1cnn(-c2ccccc2)c1.I. The summed E-state index contributed by atoms with van der Waals surface area (Å²) in [6.45, 7) is 3.86. The Bertz CT molecular complexity index is 1090. The van der Waals surface area contributed by atoms with Gasteiger partial charge in [0.15, 0.2) is 11.7 Å². The summed E-state index contributed by atoms with van der Waals surface area (Å²) in [5, 5.41) is 14.9. The summed E-state index contributed by atoms with van der Waals surface area (Å²) < 4.78 is 7.20. The van der Waals surface area contributed by atoms with Gasteiger partial charge in [-0.2, -0.15) is 5.10 Å². The number of guanidine groups is 1. The van der Waals surface area contributed by atoms with E-state index in [4.69, 9.17) is 4.42 Å². The molecule has 4 rings (SSSR count). The molecule has 1 aromatic carbocycles. The van der Waals surface area contributed by atoms with E-state index in [1.54, 1.807) is 6.26 Å². The van der Waals surface area contributed by atoms with Crippen LogP contribution in [0.3, 0.4) is 0 Å². The molecule has 31 heavy (non-hydrogen) atoms. The van der Waals surface area contributed by atoms with Crippen molar-refractivity contribution in [2.75, 3.05) is 13.6 Å². The molecule has 0 amide bonds. The molecule has 0 bridgehead atoms. The highest BCUT2D eigenvalue weighted by molar-refractivity contribution is 14.0. The smallest absolute Gasteiger partial charge is 0.216 e. The van der Waals surface area contributed by atoms with E-state index in [-0.39, 0.29) is 24.0 Å². The van der Waals surface area contributed by atoms with E-state index < -0.39 is 0 Å². The Labute approximate surface area is 197 Å². The van der Waals surface area contributed by atoms with Gasteiger partial charge < -0.3 is 14.6 Å². The second-order valence-electron chi connectivity index (χ2n) is 6.74. The maximum Gasteiger partial charge on any atom is 0.216 e. The lowest BCUT2D eigenvalue weighted by molar-refractivity contribution is 0.476. The molecule has 2 N–H and O–H groups in total. The van der Waals surface area contributed by atoms with Gasteiger partial charge in [-0.05, 0) is 31.2 Å². The molecule has 3 aromatic heterocycles. The summed E-state index contributed by atoms with van der Waals surface area (Å²) in [4.78, 5) is 11.2. The molecule has 0 unspecified atom stereocenters. The number of benzene rings is 1. The Balaban J connectivity index is 0.00000272. The number of H-pyrrole nitrogens is 1. The second-order valence-corrected chi connectivity index (χ2v) is 6.74. The highest BCUT2D eigenvalue weighted by atomic mass is 127. The summed E-state index contributed by atoms with van der Waals surface area (Å²) in [5.74, 6) is 2.60. The van der Waals surface area contributed by atoms with E-state index in [1.165, 1.54) is 0 Å². The molecule has 0 fully saturated rings. The number of halogens is 1. The van der Waals surface area contributed by atoms with Crippen molar-refractivity contribution < 1.29 is 4.42 Å². The zero-order chi connectivity index (χ0) is 20.8. The van der Waals surface area contributed by atoms with Crippen LogP contribution in [-0.4, -0.2) is 49.4 Å². The Hall–Kier alpha value is -3.15. The zero-order valence-corrected chi connectivity index (χ0v) is 19.7. The summed E-state index contributed by atoms with van der Waals surface area (Å²) in [6, 6.07) is 13.7. The van der Waals surface area contributed by atoms with Gasteiger partial charge in [0.25, 0.3) is 0 Å². The molecule has 0 aliphatic carbocycles. The first kappa shape index (κ1) is 22.5. The first-order chi connectivity index (χ1) is 14.7. The lowest BCUT2D eigenvalue weighted by atomic mass is 10.3. The monoisotopic (exact) mass is 532 g/mol. The van der Waals surface area contributed by atoms with Crippen molar-refractivity contribution in [1.29, 1.82) is 0 Å². The first-order valence-corrected chi connectivity index (χ1v) is 9.76. The van der Waals surface area contributed by atoms with E-state index >= 15 is 0 Å². The number of rotatable bonds is 7. The van der Waals surface area contributed by atoms with Crippen LogP contribution >= 0.6 is 24.0 Å². The average Bonchev–Trinajstić information content (AvgIpc) is 3.53. The van der Waals surface area contributed by atoms with E-state index in [0.717, 1.165) is 23.8 Å². The third kappa shape index (κ3) is 5.72. The van der Waals surface area contributed by atoms with Gasteiger partial charge in [0, 0.05) is 31.9 Å². The maximum atomic E-state index is 5.33. The molecule has 0 aliphatic heterocycles. The lowest BCUT2D eigenvalue weighted by Gasteiger charge is -2.21. The van der Waals surface area contributed by atoms with Crippen molar-refractivity contribution in [2.24, 2.45) is 4.99 Å². The molecule has 0 saturated carbocycles. The van der Waals surface area contributed by atoms with Gasteiger partial charge in [0.05, 0.1) is 18.1 Å². The minimum atomic E-state index is 0. The molecule has 10 heteroatoms. The quantitative estimate of drug-likeness (QED) is 0.215. The predicted octanol–water partition coefficient (Wildman–Crippen LogP) is 3.47. The van der Waals surface area contributed by atoms with Crippen LogP contribution in [0.15, 0.2) is 70.5 Å². The highest BCUT2D eigenvalue weighted by Gasteiger charge is 2.11. The Morgan fingerprint density at radius 3 is 2.81 bits per heavy atom. The van der Waals surface area contributed by atoms with E-state index in [2.05, 4.69) is 35.5 Å². The fourth-order valence-corrected chi connectivity index (χ4v) is 3.01. The molecule has 3 heterocycles. The number of hydrogen-bond acceptors (Lipinski definition) is 5. The van der Waals surface area contributed by atoms with E-state index in [9.17, 15) is 0 Å². The Morgan fingerprint density at radius 1 is 1.23 bits per heavy atom. The number of hydrogen-bond donors (Lipinski definition) is 2. The largest absolute Gasteiger partial charge is 0.461 e. The standard InChI is InChI=1S/C21H24N8O.HI/c1-3-22-21(23-13-19-25-20(27-26-19)18-10-7-11-30-18)28(2)14-16-12-24-29(15-16)17-8-5-4-6-9-17;/h4-12,15H,3,13-14H2,1-2H3,(H,22,23)(H,25,26,27);1H. The molecule has 0 spiro atoms. The fourth-order valence-electron chi connectivity index (χ4n) is 3.01. The van der Waals surface area contributed by atoms with Gasteiger partial charge in [-0.15, -0.1) is 29.1 Å². The molecular weight excluding hydrogens is 507 g/mol. The molecule has 162 valence electrons. The topological polar surface area (TPSA) is 100 Å². The maximum absolute atomic E-state index is 5.33. The normalized spacial score (nSPS) is 11.2. The molecule has 9 nitrogen and oxygen atoms in total. The lowest BCUT2D eigenvalue weighted by Crippen LogP contribution is -2.38. The minimum Gasteiger partial charge on any atom is -0.461 e. The second kappa shape index (κ2) is 10.8. The Kier molecular flexibility index (Phi) is 7.82. The van der Waals surface area contributed by atoms with Crippen LogP contribution in [-0.2, 0) is 13.1 Å². The average molecular weight is 532 g/mol. The minimum absolute atomic E-state index is 0. The van der Waals surface area contributed by atoms with Crippen LogP contribution in [0.25, 0.3) is 17.3 Å². The summed E-state index contributed by atoms with van der Waals surface area (Å²) in [5.41, 5.74) is 2.12. The van der Waals surface area contributed by atoms with Crippen LogP contribution in [0.2, 0.25) is 0 Å². The first-order valence-electron chi connectivity index (χ1n) is 9.76. The molecule has 0 radical (unpaired) electrons. The number of para-hydroxylation sites is 1. The highest BCUT2D eigenvalue weighted by Crippen LogP contribution is 2.14. The van der Waals surface area contributed by atoms with Crippen molar-refractivity contribution in [3.63, 3.8) is 0 Å². The van der Waals surface area contributed by atoms with Crippen LogP contribution in [0.4, 0.5) is 0 Å². The number of aliphatic imine (C=N–C) groups is 1. The van der Waals surface area contributed by atoms with Gasteiger partial charge in [-0.1, -0.05) is 18.2 Å². The van der Waals surface area contributed by atoms with Crippen molar-refractivity contribution in [1.82, 2.24) is 35.2 Å². The number of nitrogens with zero attached hydrogens (tertiary/aromatic N) is 6. The van der Waals surface area contributed by atoms with E-state index in [1.807, 2.05) is 73.5 Å². The number of aromatic amines is 1. The third-order valence-corrected chi connectivity index (χ3v) is 4.42.